The molecule has 0 spiro atoms. The molecule has 3 aromatic rings. The maximum atomic E-state index is 13.6. The Morgan fingerprint density at radius 3 is 2.31 bits per heavy atom. The van der Waals surface area contributed by atoms with Gasteiger partial charge in [0.25, 0.3) is 0 Å². The number of halogens is 5. The third-order valence-electron chi connectivity index (χ3n) is 3.81. The second kappa shape index (κ2) is 8.68. The van der Waals surface area contributed by atoms with Gasteiger partial charge in [-0.25, -0.2) is 9.97 Å². The Morgan fingerprint density at radius 2 is 1.72 bits per heavy atom. The van der Waals surface area contributed by atoms with Crippen LogP contribution in [0.4, 0.5) is 22.0 Å². The Morgan fingerprint density at radius 1 is 1.07 bits per heavy atom. The van der Waals surface area contributed by atoms with Crippen molar-refractivity contribution in [2.45, 2.75) is 37.8 Å². The Bertz CT molecular complexity index is 1000. The van der Waals surface area contributed by atoms with Crippen molar-refractivity contribution in [2.24, 2.45) is 7.05 Å². The molecular weight excluding hydrogens is 410 g/mol. The molecule has 2 radical (unpaired) electrons. The second-order valence-corrected chi connectivity index (χ2v) is 6.99. The van der Waals surface area contributed by atoms with E-state index in [2.05, 4.69) is 15.0 Å². The van der Waals surface area contributed by atoms with Gasteiger partial charge in [0.15, 0.2) is 11.5 Å². The number of thioether (sulfide) groups is 1. The van der Waals surface area contributed by atoms with Crippen LogP contribution in [0, 0.1) is 0 Å². The molecule has 3 heterocycles. The zero-order valence-electron chi connectivity index (χ0n) is 16.2. The van der Waals surface area contributed by atoms with Gasteiger partial charge in [0, 0.05) is 24.3 Å². The van der Waals surface area contributed by atoms with E-state index in [1.54, 1.807) is 13.1 Å². The lowest BCUT2D eigenvalue weighted by molar-refractivity contribution is -0.289. The van der Waals surface area contributed by atoms with Crippen molar-refractivity contribution in [3.63, 3.8) is 0 Å². The van der Waals surface area contributed by atoms with Crippen LogP contribution in [0.25, 0.3) is 22.7 Å². The van der Waals surface area contributed by atoms with Gasteiger partial charge in [-0.2, -0.15) is 22.0 Å². The summed E-state index contributed by atoms with van der Waals surface area (Å²) in [7, 11) is 7.33. The lowest BCUT2D eigenvalue weighted by Crippen LogP contribution is -2.33. The SMILES string of the molecule is CC.[B]c1cnc(-c2nc3cc(C(F)(F)C(F)(F)F)cnc3n2C)c(SCC)c1. The molecule has 4 nitrogen and oxygen atoms in total. The molecule has 29 heavy (non-hydrogen) atoms. The second-order valence-electron chi connectivity index (χ2n) is 5.68. The summed E-state index contributed by atoms with van der Waals surface area (Å²) in [5.41, 5.74) is -0.294. The lowest BCUT2D eigenvalue weighted by Gasteiger charge is -2.19. The molecule has 0 N–H and O–H groups in total. The molecule has 0 aliphatic rings. The molecule has 11 heteroatoms. The van der Waals surface area contributed by atoms with Crippen LogP contribution in [-0.2, 0) is 13.0 Å². The van der Waals surface area contributed by atoms with Gasteiger partial charge < -0.3 is 4.57 Å². The van der Waals surface area contributed by atoms with Gasteiger partial charge in [0.05, 0.1) is 5.56 Å². The Kier molecular flexibility index (Phi) is 6.92. The smallest absolute Gasteiger partial charge is 0.310 e. The zero-order chi connectivity index (χ0) is 22.0. The molecule has 0 saturated heterocycles. The fourth-order valence-corrected chi connectivity index (χ4v) is 3.33. The molecule has 154 valence electrons. The molecule has 0 bridgehead atoms. The van der Waals surface area contributed by atoms with E-state index in [-0.39, 0.29) is 11.2 Å². The predicted molar refractivity (Wildman–Crippen MR) is 105 cm³/mol. The zero-order valence-corrected chi connectivity index (χ0v) is 17.0. The summed E-state index contributed by atoms with van der Waals surface area (Å²) in [6.45, 7) is 5.93. The Hall–Kier alpha value is -2.17. The molecule has 3 rings (SSSR count). The first-order chi connectivity index (χ1) is 13.6. The maximum Gasteiger partial charge on any atom is 0.458 e. The summed E-state index contributed by atoms with van der Waals surface area (Å²) in [5, 5.41) is 0. The summed E-state index contributed by atoms with van der Waals surface area (Å²) in [6, 6.07) is 2.40. The van der Waals surface area contributed by atoms with E-state index >= 15 is 0 Å². The summed E-state index contributed by atoms with van der Waals surface area (Å²) in [6.07, 6.45) is -3.78. The fourth-order valence-electron chi connectivity index (χ4n) is 2.52. The molecule has 3 aromatic heterocycles. The van der Waals surface area contributed by atoms with Gasteiger partial charge in [-0.1, -0.05) is 32.3 Å². The van der Waals surface area contributed by atoms with Crippen molar-refractivity contribution < 1.29 is 22.0 Å². The summed E-state index contributed by atoms with van der Waals surface area (Å²) in [5.74, 6) is -4.00. The minimum absolute atomic E-state index is 0.0833. The molecule has 0 fully saturated rings. The molecule has 0 saturated carbocycles. The van der Waals surface area contributed by atoms with Crippen molar-refractivity contribution in [3.8, 4) is 11.5 Å². The van der Waals surface area contributed by atoms with Gasteiger partial charge in [-0.3, -0.25) is 4.98 Å². The third-order valence-corrected chi connectivity index (χ3v) is 4.72. The fraction of sp³-hybridized carbons (Fsp3) is 0.389. The highest BCUT2D eigenvalue weighted by molar-refractivity contribution is 7.99. The summed E-state index contributed by atoms with van der Waals surface area (Å²) < 4.78 is 66.5. The number of fused-ring (bicyclic) bond motifs is 1. The van der Waals surface area contributed by atoms with Gasteiger partial charge in [0.2, 0.25) is 0 Å². The van der Waals surface area contributed by atoms with Crippen LogP contribution in [0.1, 0.15) is 26.3 Å². The maximum absolute atomic E-state index is 13.6. The van der Waals surface area contributed by atoms with E-state index in [1.807, 2.05) is 20.8 Å². The van der Waals surface area contributed by atoms with Crippen molar-refractivity contribution in [1.82, 2.24) is 19.5 Å². The van der Waals surface area contributed by atoms with Crippen molar-refractivity contribution in [3.05, 3.63) is 30.1 Å². The summed E-state index contributed by atoms with van der Waals surface area (Å²) in [4.78, 5) is 12.9. The van der Waals surface area contributed by atoms with Gasteiger partial charge in [0.1, 0.15) is 19.1 Å². The minimum Gasteiger partial charge on any atom is -0.310 e. The van der Waals surface area contributed by atoms with Crippen LogP contribution in [0.3, 0.4) is 0 Å². The first-order valence-corrected chi connectivity index (χ1v) is 9.71. The molecule has 0 aliphatic heterocycles. The quantitative estimate of drug-likeness (QED) is 0.346. The van der Waals surface area contributed by atoms with Crippen LogP contribution >= 0.6 is 11.8 Å². The number of nitrogens with zero attached hydrogens (tertiary/aromatic N) is 4. The van der Waals surface area contributed by atoms with Gasteiger partial charge in [-0.15, -0.1) is 11.8 Å². The molecule has 0 unspecified atom stereocenters. The van der Waals surface area contributed by atoms with Crippen LogP contribution in [0.5, 0.6) is 0 Å². The molecule has 0 amide bonds. The third kappa shape index (κ3) is 4.39. The standard InChI is InChI=1S/C16H12BF5N4S.C2H6/c1-3-27-11-5-9(17)7-23-12(11)14-25-10-4-8(6-24-13(10)26(14)2)15(18,19)16(20,21)22;1-2/h4-7H,3H2,1-2H3;1-2H3. The van der Waals surface area contributed by atoms with Crippen LogP contribution in [0.2, 0.25) is 0 Å². The first-order valence-electron chi connectivity index (χ1n) is 8.72. The Balaban J connectivity index is 0.00000145. The predicted octanol–water partition coefficient (Wildman–Crippen LogP) is 4.62. The van der Waals surface area contributed by atoms with E-state index < -0.39 is 17.7 Å². The van der Waals surface area contributed by atoms with Crippen molar-refractivity contribution in [2.75, 3.05) is 5.75 Å². The monoisotopic (exact) mass is 428 g/mol. The number of aryl methyl sites for hydroxylation is 1. The normalized spacial score (nSPS) is 12.0. The van der Waals surface area contributed by atoms with E-state index in [1.165, 1.54) is 22.5 Å². The van der Waals surface area contributed by atoms with Gasteiger partial charge >= 0.3 is 12.1 Å². The number of aromatic nitrogens is 4. The minimum atomic E-state index is -5.72. The average Bonchev–Trinajstić information content (AvgIpc) is 2.99. The number of alkyl halides is 5. The molecular formula is C18H18BF5N4S. The molecule has 0 atom stereocenters. The van der Waals surface area contributed by atoms with Crippen LogP contribution in [0.15, 0.2) is 29.4 Å². The van der Waals surface area contributed by atoms with Gasteiger partial charge in [-0.05, 0) is 11.8 Å². The summed E-state index contributed by atoms with van der Waals surface area (Å²) >= 11 is 1.46. The van der Waals surface area contributed by atoms with Crippen LogP contribution < -0.4 is 5.46 Å². The number of hydrogen-bond acceptors (Lipinski definition) is 4. The molecule has 0 aromatic carbocycles. The van der Waals surface area contributed by atoms with E-state index in [0.29, 0.717) is 29.2 Å². The average molecular weight is 428 g/mol. The van der Waals surface area contributed by atoms with Crippen LogP contribution in [-0.4, -0.2) is 39.3 Å². The number of hydrogen-bond donors (Lipinski definition) is 0. The number of pyridine rings is 2. The number of imidazole rings is 1. The van der Waals surface area contributed by atoms with E-state index in [4.69, 9.17) is 7.85 Å². The van der Waals surface area contributed by atoms with E-state index in [9.17, 15) is 22.0 Å². The lowest BCUT2D eigenvalue weighted by atomic mass is 9.99. The highest BCUT2D eigenvalue weighted by Crippen LogP contribution is 2.44. The topological polar surface area (TPSA) is 43.6 Å². The largest absolute Gasteiger partial charge is 0.458 e. The Labute approximate surface area is 170 Å². The van der Waals surface area contributed by atoms with Crippen molar-refractivity contribution in [1.29, 1.82) is 0 Å². The van der Waals surface area contributed by atoms with Crippen molar-refractivity contribution >= 4 is 36.2 Å². The van der Waals surface area contributed by atoms with E-state index in [0.717, 1.165) is 10.6 Å². The highest BCUT2D eigenvalue weighted by atomic mass is 32.2. The molecule has 0 aliphatic carbocycles. The first kappa shape index (κ1) is 23.1. The number of rotatable bonds is 4. The highest BCUT2D eigenvalue weighted by Gasteiger charge is 2.59.